The molecule has 1 fully saturated rings. The van der Waals surface area contributed by atoms with Crippen LogP contribution >= 0.6 is 11.6 Å². The van der Waals surface area contributed by atoms with E-state index in [2.05, 4.69) is 11.1 Å². The van der Waals surface area contributed by atoms with Gasteiger partial charge in [-0.05, 0) is 51.2 Å². The number of fused-ring (bicyclic) bond motifs is 3. The molecule has 0 spiro atoms. The maximum atomic E-state index is 13.3. The predicted molar refractivity (Wildman–Crippen MR) is 135 cm³/mol. The molecule has 0 radical (unpaired) electrons. The standard InChI is InChI=1S/C26H35ClN4O4/c1-26(2,3)35-25(34)30-12-10-16(11-13-30)23-22-18(17-8-6-7-9-19(17)28-22)14-20(24(33)29(4)5)31(23)21(32)15-27/h6-9,16,20,23,28H,10-15H2,1-5H3/t20-,23?/m1/s1. The zero-order chi connectivity index (χ0) is 25.5. The zero-order valence-electron chi connectivity index (χ0n) is 21.1. The summed E-state index contributed by atoms with van der Waals surface area (Å²) in [5.74, 6) is -0.503. The van der Waals surface area contributed by atoms with Gasteiger partial charge in [0.15, 0.2) is 0 Å². The van der Waals surface area contributed by atoms with Crippen molar-refractivity contribution in [1.29, 1.82) is 0 Å². The van der Waals surface area contributed by atoms with Crippen molar-refractivity contribution in [3.8, 4) is 0 Å². The molecule has 1 N–H and O–H groups in total. The number of H-pyrrole nitrogens is 1. The van der Waals surface area contributed by atoms with Gasteiger partial charge in [0.1, 0.15) is 17.5 Å². The van der Waals surface area contributed by atoms with Crippen molar-refractivity contribution in [3.05, 3.63) is 35.5 Å². The van der Waals surface area contributed by atoms with Crippen LogP contribution in [0.15, 0.2) is 24.3 Å². The molecule has 3 amide bonds. The number of likely N-dealkylation sites (tertiary alicyclic amines) is 1. The molecule has 190 valence electrons. The lowest BCUT2D eigenvalue weighted by Crippen LogP contribution is -2.57. The Balaban J connectivity index is 1.71. The number of amides is 3. The van der Waals surface area contributed by atoms with Gasteiger partial charge >= 0.3 is 6.09 Å². The molecule has 0 saturated carbocycles. The Bertz CT molecular complexity index is 1110. The fourth-order valence-corrected chi connectivity index (χ4v) is 5.55. The number of hydrogen-bond acceptors (Lipinski definition) is 4. The highest BCUT2D eigenvalue weighted by Crippen LogP contribution is 2.44. The molecule has 1 saturated heterocycles. The van der Waals surface area contributed by atoms with Gasteiger partial charge in [-0.25, -0.2) is 4.79 Å². The van der Waals surface area contributed by atoms with Crippen LogP contribution in [0.5, 0.6) is 0 Å². The normalized spacial score (nSPS) is 21.1. The van der Waals surface area contributed by atoms with Gasteiger partial charge in [-0.3, -0.25) is 9.59 Å². The number of ether oxygens (including phenoxy) is 1. The van der Waals surface area contributed by atoms with E-state index in [-0.39, 0.29) is 35.7 Å². The van der Waals surface area contributed by atoms with E-state index in [9.17, 15) is 14.4 Å². The summed E-state index contributed by atoms with van der Waals surface area (Å²) in [5, 5.41) is 1.08. The Morgan fingerprint density at radius 2 is 1.80 bits per heavy atom. The van der Waals surface area contributed by atoms with Gasteiger partial charge < -0.3 is 24.4 Å². The highest BCUT2D eigenvalue weighted by atomic mass is 35.5. The highest BCUT2D eigenvalue weighted by molar-refractivity contribution is 6.27. The number of benzene rings is 1. The van der Waals surface area contributed by atoms with Gasteiger partial charge in [0.25, 0.3) is 0 Å². The maximum absolute atomic E-state index is 13.3. The number of hydrogen-bond donors (Lipinski definition) is 1. The van der Waals surface area contributed by atoms with E-state index in [4.69, 9.17) is 16.3 Å². The third-order valence-corrected chi connectivity index (χ3v) is 7.17. The molecule has 8 nitrogen and oxygen atoms in total. The van der Waals surface area contributed by atoms with E-state index in [0.29, 0.717) is 32.4 Å². The molecule has 1 aromatic heterocycles. The Morgan fingerprint density at radius 3 is 2.40 bits per heavy atom. The second-order valence-corrected chi connectivity index (χ2v) is 11.0. The van der Waals surface area contributed by atoms with Crippen LogP contribution in [0.1, 0.15) is 50.9 Å². The number of carbonyl (C=O) groups excluding carboxylic acids is 3. The van der Waals surface area contributed by atoms with Gasteiger partial charge in [-0.1, -0.05) is 18.2 Å². The van der Waals surface area contributed by atoms with Gasteiger partial charge in [-0.2, -0.15) is 0 Å². The Kier molecular flexibility index (Phi) is 7.04. The highest BCUT2D eigenvalue weighted by Gasteiger charge is 2.46. The number of halogens is 1. The molecule has 9 heteroatoms. The SMILES string of the molecule is CN(C)C(=O)[C@H]1Cc2c([nH]c3ccccc23)C(C2CCN(C(=O)OC(C)(C)C)CC2)N1C(=O)CCl. The summed E-state index contributed by atoms with van der Waals surface area (Å²) < 4.78 is 5.55. The second kappa shape index (κ2) is 9.72. The molecule has 3 heterocycles. The first-order valence-corrected chi connectivity index (χ1v) is 12.7. The van der Waals surface area contributed by atoms with Crippen molar-refractivity contribution < 1.29 is 19.1 Å². The summed E-state index contributed by atoms with van der Waals surface area (Å²) in [4.78, 5) is 47.7. The van der Waals surface area contributed by atoms with E-state index in [0.717, 1.165) is 22.2 Å². The molecule has 0 aliphatic carbocycles. The first-order valence-electron chi connectivity index (χ1n) is 12.2. The molecule has 0 bridgehead atoms. The summed E-state index contributed by atoms with van der Waals surface area (Å²) >= 11 is 6.08. The number of rotatable bonds is 3. The predicted octanol–water partition coefficient (Wildman–Crippen LogP) is 3.94. The fraction of sp³-hybridized carbons (Fsp3) is 0.577. The molecule has 4 rings (SSSR count). The number of nitrogens with one attached hydrogen (secondary N) is 1. The third-order valence-electron chi connectivity index (χ3n) is 6.94. The first-order chi connectivity index (χ1) is 16.5. The summed E-state index contributed by atoms with van der Waals surface area (Å²) in [6.45, 7) is 6.62. The average Bonchev–Trinajstić information content (AvgIpc) is 3.19. The minimum atomic E-state index is -0.628. The van der Waals surface area contributed by atoms with Crippen LogP contribution in [-0.2, 0) is 20.7 Å². The number of nitrogens with zero attached hydrogens (tertiary/aromatic N) is 3. The van der Waals surface area contributed by atoms with Crippen LogP contribution < -0.4 is 0 Å². The minimum Gasteiger partial charge on any atom is -0.444 e. The van der Waals surface area contributed by atoms with Crippen LogP contribution in [0.3, 0.4) is 0 Å². The number of piperidine rings is 1. The Hall–Kier alpha value is -2.74. The molecule has 1 aromatic carbocycles. The lowest BCUT2D eigenvalue weighted by Gasteiger charge is -2.47. The summed E-state index contributed by atoms with van der Waals surface area (Å²) in [6, 6.07) is 7.09. The van der Waals surface area contributed by atoms with Crippen LogP contribution in [0.2, 0.25) is 0 Å². The lowest BCUT2D eigenvalue weighted by molar-refractivity contribution is -0.148. The number of carbonyl (C=O) groups is 3. The van der Waals surface area contributed by atoms with Crippen molar-refractivity contribution in [2.24, 2.45) is 5.92 Å². The minimum absolute atomic E-state index is 0.0606. The van der Waals surface area contributed by atoms with Gasteiger partial charge in [0.2, 0.25) is 11.8 Å². The van der Waals surface area contributed by atoms with Crippen molar-refractivity contribution >= 4 is 40.4 Å². The van der Waals surface area contributed by atoms with Crippen LogP contribution in [0.4, 0.5) is 4.79 Å². The summed E-state index contributed by atoms with van der Waals surface area (Å²) in [5.41, 5.74) is 2.49. The first kappa shape index (κ1) is 25.4. The molecule has 1 unspecified atom stereocenters. The number of alkyl halides is 1. The Morgan fingerprint density at radius 1 is 1.14 bits per heavy atom. The summed E-state index contributed by atoms with van der Waals surface area (Å²) in [6.07, 6.45) is 1.49. The van der Waals surface area contributed by atoms with E-state index < -0.39 is 11.6 Å². The number of aromatic nitrogens is 1. The van der Waals surface area contributed by atoms with Crippen LogP contribution in [0.25, 0.3) is 10.9 Å². The lowest BCUT2D eigenvalue weighted by atomic mass is 9.80. The largest absolute Gasteiger partial charge is 0.444 e. The van der Waals surface area contributed by atoms with Crippen LogP contribution in [-0.4, -0.2) is 82.3 Å². The van der Waals surface area contributed by atoms with E-state index in [1.54, 1.807) is 28.8 Å². The molecule has 35 heavy (non-hydrogen) atoms. The smallest absolute Gasteiger partial charge is 0.410 e. The van der Waals surface area contributed by atoms with Crippen molar-refractivity contribution in [1.82, 2.24) is 19.7 Å². The van der Waals surface area contributed by atoms with E-state index in [1.165, 1.54) is 0 Å². The van der Waals surface area contributed by atoms with Crippen molar-refractivity contribution in [2.45, 2.75) is 57.7 Å². The molecular weight excluding hydrogens is 468 g/mol. The molecule has 2 aliphatic heterocycles. The third kappa shape index (κ3) is 4.99. The number of aromatic amines is 1. The monoisotopic (exact) mass is 502 g/mol. The maximum Gasteiger partial charge on any atom is 0.410 e. The molecule has 2 aliphatic rings. The van der Waals surface area contributed by atoms with Crippen LogP contribution in [0, 0.1) is 5.92 Å². The molecular formula is C26H35ClN4O4. The van der Waals surface area contributed by atoms with Gasteiger partial charge in [0, 0.05) is 50.2 Å². The number of para-hydroxylation sites is 1. The van der Waals surface area contributed by atoms with Crippen molar-refractivity contribution in [2.75, 3.05) is 33.1 Å². The van der Waals surface area contributed by atoms with Gasteiger partial charge in [-0.15, -0.1) is 11.6 Å². The summed E-state index contributed by atoms with van der Waals surface area (Å²) in [7, 11) is 3.43. The second-order valence-electron chi connectivity index (χ2n) is 10.7. The molecule has 2 atom stereocenters. The average molecular weight is 503 g/mol. The number of likely N-dealkylation sites (N-methyl/N-ethyl adjacent to an activating group) is 1. The molecule has 2 aromatic rings. The topological polar surface area (TPSA) is 85.9 Å². The fourth-order valence-electron chi connectivity index (χ4n) is 5.41. The Labute approximate surface area is 211 Å². The van der Waals surface area contributed by atoms with E-state index in [1.807, 2.05) is 39.0 Å². The zero-order valence-corrected chi connectivity index (χ0v) is 21.9. The van der Waals surface area contributed by atoms with Gasteiger partial charge in [0.05, 0.1) is 6.04 Å². The van der Waals surface area contributed by atoms with Crippen molar-refractivity contribution in [3.63, 3.8) is 0 Å². The van der Waals surface area contributed by atoms with E-state index >= 15 is 0 Å². The quantitative estimate of drug-likeness (QED) is 0.644.